The molecule has 16 heavy (non-hydrogen) atoms. The molecule has 1 aromatic carbocycles. The van der Waals surface area contributed by atoms with Crippen LogP contribution in [-0.2, 0) is 22.4 Å². The van der Waals surface area contributed by atoms with Crippen molar-refractivity contribution in [2.75, 3.05) is 6.61 Å². The first-order valence-electron chi connectivity index (χ1n) is 5.48. The molecule has 0 spiro atoms. The van der Waals surface area contributed by atoms with Crippen molar-refractivity contribution < 1.29 is 14.3 Å². The van der Waals surface area contributed by atoms with E-state index < -0.39 is 0 Å². The predicted octanol–water partition coefficient (Wildman–Crippen LogP) is 1.78. The lowest BCUT2D eigenvalue weighted by molar-refractivity contribution is -0.147. The molecule has 0 aliphatic heterocycles. The van der Waals surface area contributed by atoms with Gasteiger partial charge in [0.1, 0.15) is 6.29 Å². The van der Waals surface area contributed by atoms with E-state index in [1.54, 1.807) is 6.07 Å². The summed E-state index contributed by atoms with van der Waals surface area (Å²) in [6.07, 6.45) is 2.25. The normalized spacial score (nSPS) is 17.9. The number of fused-ring (bicyclic) bond motifs is 1. The van der Waals surface area contributed by atoms with Crippen molar-refractivity contribution >= 4 is 12.3 Å². The highest BCUT2D eigenvalue weighted by molar-refractivity contribution is 5.77. The van der Waals surface area contributed by atoms with Gasteiger partial charge in [0.05, 0.1) is 12.5 Å². The molecule has 0 saturated heterocycles. The second-order valence-corrected chi connectivity index (χ2v) is 4.00. The Morgan fingerprint density at radius 1 is 1.44 bits per heavy atom. The minimum absolute atomic E-state index is 0.0724. The Bertz CT molecular complexity index is 423. The maximum atomic E-state index is 11.6. The average Bonchev–Trinajstić information content (AvgIpc) is 2.71. The van der Waals surface area contributed by atoms with Crippen molar-refractivity contribution in [2.24, 2.45) is 5.92 Å². The van der Waals surface area contributed by atoms with E-state index in [9.17, 15) is 9.59 Å². The van der Waals surface area contributed by atoms with Crippen molar-refractivity contribution in [3.63, 3.8) is 0 Å². The Balaban J connectivity index is 2.14. The third kappa shape index (κ3) is 1.98. The van der Waals surface area contributed by atoms with Gasteiger partial charge in [-0.1, -0.05) is 12.1 Å². The van der Waals surface area contributed by atoms with Gasteiger partial charge in [-0.15, -0.1) is 0 Å². The fraction of sp³-hybridized carbons (Fsp3) is 0.385. The predicted molar refractivity (Wildman–Crippen MR) is 59.4 cm³/mol. The molecular weight excluding hydrogens is 204 g/mol. The summed E-state index contributed by atoms with van der Waals surface area (Å²) in [5, 5.41) is 0. The van der Waals surface area contributed by atoms with E-state index in [4.69, 9.17) is 4.74 Å². The highest BCUT2D eigenvalue weighted by atomic mass is 16.5. The Hall–Kier alpha value is -1.64. The molecule has 0 heterocycles. The summed E-state index contributed by atoms with van der Waals surface area (Å²) < 4.78 is 5.01. The lowest BCUT2D eigenvalue weighted by atomic mass is 10.1. The van der Waals surface area contributed by atoms with E-state index in [1.807, 2.05) is 19.1 Å². The molecule has 1 atom stereocenters. The summed E-state index contributed by atoms with van der Waals surface area (Å²) in [4.78, 5) is 22.2. The monoisotopic (exact) mass is 218 g/mol. The van der Waals surface area contributed by atoms with E-state index in [0.29, 0.717) is 18.6 Å². The molecule has 1 aliphatic carbocycles. The van der Waals surface area contributed by atoms with Crippen LogP contribution in [0, 0.1) is 5.92 Å². The molecule has 0 N–H and O–H groups in total. The summed E-state index contributed by atoms with van der Waals surface area (Å²) in [5.41, 5.74) is 2.93. The number of hydrogen-bond acceptors (Lipinski definition) is 3. The van der Waals surface area contributed by atoms with Crippen molar-refractivity contribution in [1.82, 2.24) is 0 Å². The number of rotatable bonds is 3. The van der Waals surface area contributed by atoms with Crippen LogP contribution in [0.2, 0.25) is 0 Å². The van der Waals surface area contributed by atoms with Crippen molar-refractivity contribution in [2.45, 2.75) is 19.8 Å². The van der Waals surface area contributed by atoms with Crippen LogP contribution in [0.3, 0.4) is 0 Å². The molecule has 1 aromatic rings. The SMILES string of the molecule is CCOC(=O)C1Cc2ccc(C=O)cc2C1. The van der Waals surface area contributed by atoms with Gasteiger partial charge in [0.25, 0.3) is 0 Å². The zero-order valence-electron chi connectivity index (χ0n) is 9.23. The molecule has 3 nitrogen and oxygen atoms in total. The summed E-state index contributed by atoms with van der Waals surface area (Å²) in [5.74, 6) is -0.205. The number of carbonyl (C=O) groups is 2. The second-order valence-electron chi connectivity index (χ2n) is 4.00. The summed E-state index contributed by atoms with van der Waals surface area (Å²) >= 11 is 0. The zero-order chi connectivity index (χ0) is 11.5. The largest absolute Gasteiger partial charge is 0.466 e. The molecule has 0 aromatic heterocycles. The first-order valence-corrected chi connectivity index (χ1v) is 5.48. The molecule has 3 heteroatoms. The van der Waals surface area contributed by atoms with Gasteiger partial charge in [-0.2, -0.15) is 0 Å². The van der Waals surface area contributed by atoms with E-state index in [1.165, 1.54) is 0 Å². The van der Waals surface area contributed by atoms with E-state index in [0.717, 1.165) is 23.8 Å². The van der Waals surface area contributed by atoms with Crippen molar-refractivity contribution in [3.05, 3.63) is 34.9 Å². The molecular formula is C13H14O3. The number of aldehydes is 1. The Labute approximate surface area is 94.4 Å². The summed E-state index contributed by atoms with van der Waals surface area (Å²) in [6, 6.07) is 5.58. The smallest absolute Gasteiger partial charge is 0.309 e. The van der Waals surface area contributed by atoms with Gasteiger partial charge in [-0.25, -0.2) is 0 Å². The number of benzene rings is 1. The van der Waals surface area contributed by atoms with Crippen LogP contribution < -0.4 is 0 Å². The molecule has 0 amide bonds. The quantitative estimate of drug-likeness (QED) is 0.573. The lowest BCUT2D eigenvalue weighted by Crippen LogP contribution is -2.17. The molecule has 0 fully saturated rings. The molecule has 0 saturated carbocycles. The molecule has 1 unspecified atom stereocenters. The van der Waals surface area contributed by atoms with Crippen molar-refractivity contribution in [1.29, 1.82) is 0 Å². The molecule has 0 bridgehead atoms. The van der Waals surface area contributed by atoms with Crippen LogP contribution in [-0.4, -0.2) is 18.9 Å². The number of hydrogen-bond donors (Lipinski definition) is 0. The van der Waals surface area contributed by atoms with E-state index in [2.05, 4.69) is 0 Å². The topological polar surface area (TPSA) is 43.4 Å². The van der Waals surface area contributed by atoms with Gasteiger partial charge in [0, 0.05) is 5.56 Å². The minimum Gasteiger partial charge on any atom is -0.466 e. The standard InChI is InChI=1S/C13H14O3/c1-2-16-13(15)12-6-10-4-3-9(8-14)5-11(10)7-12/h3-5,8,12H,2,6-7H2,1H3. The fourth-order valence-corrected chi connectivity index (χ4v) is 2.14. The van der Waals surface area contributed by atoms with Crippen LogP contribution in [0.1, 0.15) is 28.4 Å². The van der Waals surface area contributed by atoms with Gasteiger partial charge in [-0.05, 0) is 37.0 Å². The van der Waals surface area contributed by atoms with E-state index in [-0.39, 0.29) is 11.9 Å². The van der Waals surface area contributed by atoms with Crippen LogP contribution in [0.25, 0.3) is 0 Å². The highest BCUT2D eigenvalue weighted by Crippen LogP contribution is 2.28. The maximum absolute atomic E-state index is 11.6. The first-order chi connectivity index (χ1) is 7.74. The Kier molecular flexibility index (Phi) is 3.04. The molecule has 1 aliphatic rings. The minimum atomic E-state index is -0.133. The lowest BCUT2D eigenvalue weighted by Gasteiger charge is -2.06. The number of esters is 1. The molecule has 0 radical (unpaired) electrons. The summed E-state index contributed by atoms with van der Waals surface area (Å²) in [7, 11) is 0. The van der Waals surface area contributed by atoms with Gasteiger partial charge in [0.15, 0.2) is 0 Å². The molecule has 84 valence electrons. The van der Waals surface area contributed by atoms with Crippen LogP contribution in [0.5, 0.6) is 0 Å². The molecule has 2 rings (SSSR count). The van der Waals surface area contributed by atoms with Crippen molar-refractivity contribution in [3.8, 4) is 0 Å². The van der Waals surface area contributed by atoms with Gasteiger partial charge < -0.3 is 4.74 Å². The Morgan fingerprint density at radius 2 is 2.19 bits per heavy atom. The number of carbonyl (C=O) groups excluding carboxylic acids is 2. The fourth-order valence-electron chi connectivity index (χ4n) is 2.14. The van der Waals surface area contributed by atoms with Crippen LogP contribution in [0.4, 0.5) is 0 Å². The Morgan fingerprint density at radius 3 is 2.88 bits per heavy atom. The summed E-state index contributed by atoms with van der Waals surface area (Å²) in [6.45, 7) is 2.23. The van der Waals surface area contributed by atoms with Gasteiger partial charge in [0.2, 0.25) is 0 Å². The third-order valence-corrected chi connectivity index (χ3v) is 2.92. The zero-order valence-corrected chi connectivity index (χ0v) is 9.23. The first kappa shape index (κ1) is 10.9. The number of ether oxygens (including phenoxy) is 1. The van der Waals surface area contributed by atoms with Crippen LogP contribution >= 0.6 is 0 Å². The highest BCUT2D eigenvalue weighted by Gasteiger charge is 2.28. The third-order valence-electron chi connectivity index (χ3n) is 2.92. The van der Waals surface area contributed by atoms with E-state index >= 15 is 0 Å². The second kappa shape index (κ2) is 4.47. The van der Waals surface area contributed by atoms with Gasteiger partial charge in [-0.3, -0.25) is 9.59 Å². The average molecular weight is 218 g/mol. The maximum Gasteiger partial charge on any atom is 0.309 e. The van der Waals surface area contributed by atoms with Crippen LogP contribution in [0.15, 0.2) is 18.2 Å². The van der Waals surface area contributed by atoms with Gasteiger partial charge >= 0.3 is 5.97 Å².